The third-order valence-electron chi connectivity index (χ3n) is 4.12. The number of hydrogen-bond acceptors (Lipinski definition) is 7. The van der Waals surface area contributed by atoms with E-state index < -0.39 is 0 Å². The number of aryl methyl sites for hydroxylation is 1. The van der Waals surface area contributed by atoms with Crippen LogP contribution in [0.1, 0.15) is 11.3 Å². The second kappa shape index (κ2) is 7.48. The number of fused-ring (bicyclic) bond motifs is 1. The van der Waals surface area contributed by atoms with Gasteiger partial charge in [0.1, 0.15) is 16.7 Å². The normalized spacial score (nSPS) is 10.8. The Balaban J connectivity index is 2.04. The van der Waals surface area contributed by atoms with Crippen molar-refractivity contribution in [2.45, 2.75) is 6.92 Å². The van der Waals surface area contributed by atoms with Gasteiger partial charge in [-0.1, -0.05) is 23.7 Å². The zero-order valence-electron chi connectivity index (χ0n) is 14.7. The van der Waals surface area contributed by atoms with Gasteiger partial charge in [-0.25, -0.2) is 14.5 Å². The molecule has 0 unspecified atom stereocenters. The SMILES string of the molecule is Cc1cc(-c2c(-c3cccc(C#N)c3)nn3ccc(NSN)nc23)cc(Cl)n1. The van der Waals surface area contributed by atoms with Crippen molar-refractivity contribution in [3.8, 4) is 28.5 Å². The number of anilines is 1. The minimum Gasteiger partial charge on any atom is -0.301 e. The summed E-state index contributed by atoms with van der Waals surface area (Å²) in [7, 11) is 0. The summed E-state index contributed by atoms with van der Waals surface area (Å²) in [6.45, 7) is 1.88. The molecule has 0 aliphatic rings. The van der Waals surface area contributed by atoms with Gasteiger partial charge in [-0.05, 0) is 42.8 Å². The van der Waals surface area contributed by atoms with Crippen molar-refractivity contribution in [3.05, 3.63) is 65.1 Å². The number of pyridine rings is 1. The number of rotatable bonds is 4. The molecule has 1 aromatic carbocycles. The van der Waals surface area contributed by atoms with Crippen LogP contribution in [-0.4, -0.2) is 19.6 Å². The van der Waals surface area contributed by atoms with Crippen LogP contribution in [0.3, 0.4) is 0 Å². The maximum absolute atomic E-state index is 9.27. The Kier molecular flexibility index (Phi) is 4.88. The zero-order chi connectivity index (χ0) is 19.7. The molecule has 0 aliphatic carbocycles. The van der Waals surface area contributed by atoms with E-state index in [9.17, 15) is 5.26 Å². The van der Waals surface area contributed by atoms with Gasteiger partial charge in [-0.2, -0.15) is 10.4 Å². The molecular formula is C19H14ClN7S. The molecule has 3 N–H and O–H groups in total. The number of nitrogens with zero attached hydrogens (tertiary/aromatic N) is 5. The van der Waals surface area contributed by atoms with Gasteiger partial charge in [0.25, 0.3) is 0 Å². The van der Waals surface area contributed by atoms with Crippen LogP contribution in [0.4, 0.5) is 5.82 Å². The highest BCUT2D eigenvalue weighted by Crippen LogP contribution is 2.36. The molecular weight excluding hydrogens is 394 g/mol. The minimum absolute atomic E-state index is 0.387. The smallest absolute Gasteiger partial charge is 0.165 e. The second-order valence-corrected chi connectivity index (χ2v) is 6.86. The standard InChI is InChI=1S/C19H14ClN7S/c1-11-7-14(9-15(20)23-11)17-18(13-4-2-3-12(8-13)10-21)25-27-6-5-16(26-28-22)24-19(17)27/h2-9H,22H2,1H3,(H,24,26). The lowest BCUT2D eigenvalue weighted by atomic mass is 10.00. The summed E-state index contributed by atoms with van der Waals surface area (Å²) in [4.78, 5) is 8.89. The molecule has 4 rings (SSSR count). The van der Waals surface area contributed by atoms with E-state index in [4.69, 9.17) is 21.8 Å². The van der Waals surface area contributed by atoms with E-state index in [1.165, 1.54) is 0 Å². The number of nitrogens with one attached hydrogen (secondary N) is 1. The highest BCUT2D eigenvalue weighted by Gasteiger charge is 2.19. The average Bonchev–Trinajstić information content (AvgIpc) is 3.06. The van der Waals surface area contributed by atoms with Crippen LogP contribution < -0.4 is 9.86 Å². The molecule has 7 nitrogen and oxygen atoms in total. The number of benzene rings is 1. The first-order chi connectivity index (χ1) is 13.6. The maximum Gasteiger partial charge on any atom is 0.165 e. The van der Waals surface area contributed by atoms with Gasteiger partial charge in [0, 0.05) is 29.6 Å². The molecule has 0 spiro atoms. The Bertz CT molecular complexity index is 1210. The van der Waals surface area contributed by atoms with E-state index in [-0.39, 0.29) is 0 Å². The first-order valence-corrected chi connectivity index (χ1v) is 9.51. The highest BCUT2D eigenvalue weighted by molar-refractivity contribution is 7.98. The van der Waals surface area contributed by atoms with Gasteiger partial charge in [-0.3, -0.25) is 5.14 Å². The molecule has 0 saturated heterocycles. The quantitative estimate of drug-likeness (QED) is 0.385. The van der Waals surface area contributed by atoms with E-state index in [0.717, 1.165) is 34.5 Å². The van der Waals surface area contributed by atoms with Gasteiger partial charge >= 0.3 is 0 Å². The molecule has 0 fully saturated rings. The number of nitrogens with two attached hydrogens (primary N) is 1. The van der Waals surface area contributed by atoms with Gasteiger partial charge < -0.3 is 4.72 Å². The summed E-state index contributed by atoms with van der Waals surface area (Å²) in [6, 6.07) is 15.0. The first kappa shape index (κ1) is 18.3. The molecule has 0 amide bonds. The number of hydrogen-bond donors (Lipinski definition) is 2. The van der Waals surface area contributed by atoms with Crippen LogP contribution >= 0.6 is 23.7 Å². The van der Waals surface area contributed by atoms with Crippen molar-refractivity contribution in [1.82, 2.24) is 19.6 Å². The first-order valence-electron chi connectivity index (χ1n) is 8.25. The predicted molar refractivity (Wildman–Crippen MR) is 112 cm³/mol. The van der Waals surface area contributed by atoms with Gasteiger partial charge in [0.05, 0.1) is 17.2 Å². The van der Waals surface area contributed by atoms with E-state index >= 15 is 0 Å². The van der Waals surface area contributed by atoms with Crippen molar-refractivity contribution in [2.24, 2.45) is 5.14 Å². The predicted octanol–water partition coefficient (Wildman–Crippen LogP) is 4.23. The third-order valence-corrected chi connectivity index (χ3v) is 4.65. The molecule has 0 aliphatic heterocycles. The molecule has 0 radical (unpaired) electrons. The monoisotopic (exact) mass is 407 g/mol. The average molecular weight is 408 g/mol. The summed E-state index contributed by atoms with van der Waals surface area (Å²) < 4.78 is 4.62. The Hall–Kier alpha value is -3.12. The summed E-state index contributed by atoms with van der Waals surface area (Å²) in [5, 5.41) is 19.9. The van der Waals surface area contributed by atoms with E-state index in [1.54, 1.807) is 35.0 Å². The maximum atomic E-state index is 9.27. The number of halogens is 1. The Morgan fingerprint density at radius 3 is 2.79 bits per heavy atom. The lowest BCUT2D eigenvalue weighted by Gasteiger charge is -2.06. The number of nitriles is 1. The van der Waals surface area contributed by atoms with Crippen LogP contribution in [0.25, 0.3) is 28.0 Å². The van der Waals surface area contributed by atoms with Crippen LogP contribution in [0, 0.1) is 18.3 Å². The molecule has 138 valence electrons. The Morgan fingerprint density at radius 1 is 1.18 bits per heavy atom. The van der Waals surface area contributed by atoms with E-state index in [1.807, 2.05) is 25.1 Å². The summed E-state index contributed by atoms with van der Waals surface area (Å²) in [5.41, 5.74) is 5.13. The zero-order valence-corrected chi connectivity index (χ0v) is 16.3. The van der Waals surface area contributed by atoms with Crippen molar-refractivity contribution in [1.29, 1.82) is 5.26 Å². The van der Waals surface area contributed by atoms with Crippen LogP contribution in [0.5, 0.6) is 0 Å². The fraction of sp³-hybridized carbons (Fsp3) is 0.0526. The molecule has 9 heteroatoms. The molecule has 4 aromatic rings. The van der Waals surface area contributed by atoms with E-state index in [2.05, 4.69) is 20.8 Å². The lowest BCUT2D eigenvalue weighted by Crippen LogP contribution is -1.97. The van der Waals surface area contributed by atoms with Crippen LogP contribution in [-0.2, 0) is 0 Å². The minimum atomic E-state index is 0.387. The largest absolute Gasteiger partial charge is 0.301 e. The molecule has 3 heterocycles. The van der Waals surface area contributed by atoms with Crippen LogP contribution in [0.2, 0.25) is 5.15 Å². The van der Waals surface area contributed by atoms with Crippen molar-refractivity contribution >= 4 is 35.2 Å². The lowest BCUT2D eigenvalue weighted by molar-refractivity contribution is 0.945. The van der Waals surface area contributed by atoms with Gasteiger partial charge in [0.15, 0.2) is 5.65 Å². The molecule has 28 heavy (non-hydrogen) atoms. The highest BCUT2D eigenvalue weighted by atomic mass is 35.5. The van der Waals surface area contributed by atoms with Gasteiger partial charge in [0.2, 0.25) is 0 Å². The molecule has 0 saturated carbocycles. The Labute approximate surface area is 170 Å². The fourth-order valence-electron chi connectivity index (χ4n) is 3.02. The summed E-state index contributed by atoms with van der Waals surface area (Å²) in [6.07, 6.45) is 1.80. The summed E-state index contributed by atoms with van der Waals surface area (Å²) in [5.74, 6) is 0.607. The second-order valence-electron chi connectivity index (χ2n) is 6.04. The van der Waals surface area contributed by atoms with Crippen molar-refractivity contribution < 1.29 is 0 Å². The topological polar surface area (TPSA) is 105 Å². The van der Waals surface area contributed by atoms with Crippen molar-refractivity contribution in [3.63, 3.8) is 0 Å². The fourth-order valence-corrected chi connectivity index (χ4v) is 3.51. The third kappa shape index (κ3) is 3.39. The molecule has 3 aromatic heterocycles. The van der Waals surface area contributed by atoms with Gasteiger partial charge in [-0.15, -0.1) is 0 Å². The number of aromatic nitrogens is 4. The molecule has 0 bridgehead atoms. The Morgan fingerprint density at radius 2 is 2.04 bits per heavy atom. The molecule has 0 atom stereocenters. The van der Waals surface area contributed by atoms with Crippen molar-refractivity contribution in [2.75, 3.05) is 4.72 Å². The summed E-state index contributed by atoms with van der Waals surface area (Å²) >= 11 is 7.18. The van der Waals surface area contributed by atoms with E-state index in [0.29, 0.717) is 27.9 Å². The van der Waals surface area contributed by atoms with Crippen LogP contribution in [0.15, 0.2) is 48.7 Å².